The normalized spacial score (nSPS) is 21.4. The average Bonchev–Trinajstić information content (AvgIpc) is 3.53. The number of nitrogen functional groups attached to an aromatic ring is 1. The summed E-state index contributed by atoms with van der Waals surface area (Å²) < 4.78 is 56.5. The number of ether oxygens (including phenoxy) is 3. The number of rotatable bonds is 37. The third kappa shape index (κ3) is 25.4. The summed E-state index contributed by atoms with van der Waals surface area (Å²) in [5.74, 6) is -0.709. The Bertz CT molecular complexity index is 1690. The highest BCUT2D eigenvalue weighted by atomic mass is 31.3. The minimum absolute atomic E-state index is 0.0468. The Balaban J connectivity index is 1.86. The van der Waals surface area contributed by atoms with E-state index in [9.17, 15) is 53.7 Å². The third-order valence-corrected chi connectivity index (χ3v) is 13.7. The van der Waals surface area contributed by atoms with Crippen LogP contribution in [0.3, 0.4) is 0 Å². The van der Waals surface area contributed by atoms with Crippen molar-refractivity contribution < 1.29 is 76.5 Å². The molecule has 3 unspecified atom stereocenters. The number of phosphoric acid groups is 2. The van der Waals surface area contributed by atoms with Gasteiger partial charge in [0.1, 0.15) is 30.7 Å². The Morgan fingerprint density at radius 1 is 0.831 bits per heavy atom. The maximum absolute atomic E-state index is 12.8. The molecule has 1 aliphatic rings. The Morgan fingerprint density at radius 2 is 1.45 bits per heavy atom. The standard InChI is InChI=1S/C43H77N3O17P2/c1-4-6-7-8-13-18-23-34(47)35(48)24-19-14-11-16-21-26-39(50)61-33(29-58-38(49)25-20-15-10-9-12-17-22-32(3)5-2)30-59-64(54,55)63-65(56,57)60-31-36-40(51)41(52)42(62-36)46-28-27-37(44)45-43(46)53/h13,18,27-28,32-36,40-42,47-48,51-52H,4-12,14-17,19-26,29-31H2,1-3H3,(H,54,55)(H,56,57)(H2,44,45,53)/b18-13-/t32?,33-,34+,35+,36-,40-,41-,42-/m1/s1. The van der Waals surface area contributed by atoms with Crippen LogP contribution in [0.5, 0.6) is 0 Å². The summed E-state index contributed by atoms with van der Waals surface area (Å²) in [5, 5.41) is 41.4. The molecule has 22 heteroatoms. The van der Waals surface area contributed by atoms with E-state index in [1.54, 1.807) is 0 Å². The van der Waals surface area contributed by atoms with Crippen molar-refractivity contribution in [2.24, 2.45) is 5.92 Å². The Kier molecular flexibility index (Phi) is 29.0. The number of unbranched alkanes of at least 4 members (excludes halogenated alkanes) is 12. The lowest BCUT2D eigenvalue weighted by molar-refractivity contribution is -0.161. The van der Waals surface area contributed by atoms with Gasteiger partial charge in [-0.1, -0.05) is 116 Å². The molecule has 1 aliphatic heterocycles. The molecule has 2 heterocycles. The zero-order chi connectivity index (χ0) is 48.3. The number of esters is 2. The Labute approximate surface area is 383 Å². The molecule has 1 aromatic heterocycles. The maximum Gasteiger partial charge on any atom is 0.481 e. The first kappa shape index (κ1) is 58.5. The van der Waals surface area contributed by atoms with Crippen molar-refractivity contribution in [2.75, 3.05) is 25.6 Å². The summed E-state index contributed by atoms with van der Waals surface area (Å²) in [4.78, 5) is 61.7. The van der Waals surface area contributed by atoms with Gasteiger partial charge in [-0.25, -0.2) is 13.9 Å². The fourth-order valence-electron chi connectivity index (χ4n) is 6.90. The largest absolute Gasteiger partial charge is 0.481 e. The number of nitrogens with zero attached hydrogens (tertiary/aromatic N) is 2. The van der Waals surface area contributed by atoms with Gasteiger partial charge in [-0.15, -0.1) is 0 Å². The van der Waals surface area contributed by atoms with Crippen LogP contribution in [0.1, 0.15) is 162 Å². The number of carbonyl (C=O) groups is 2. The number of hydrogen-bond acceptors (Lipinski definition) is 17. The lowest BCUT2D eigenvalue weighted by atomic mass is 10.00. The van der Waals surface area contributed by atoms with Crippen molar-refractivity contribution in [1.82, 2.24) is 9.55 Å². The maximum atomic E-state index is 12.8. The molecule has 0 spiro atoms. The first-order valence-electron chi connectivity index (χ1n) is 23.3. The zero-order valence-electron chi connectivity index (χ0n) is 38.4. The van der Waals surface area contributed by atoms with Gasteiger partial charge in [0.2, 0.25) is 0 Å². The topological polar surface area (TPSA) is 306 Å². The van der Waals surface area contributed by atoms with E-state index >= 15 is 0 Å². The summed E-state index contributed by atoms with van der Waals surface area (Å²) in [6, 6.07) is 1.24. The highest BCUT2D eigenvalue weighted by Crippen LogP contribution is 2.60. The summed E-state index contributed by atoms with van der Waals surface area (Å²) in [6.45, 7) is 4.15. The van der Waals surface area contributed by atoms with Crippen molar-refractivity contribution in [3.63, 3.8) is 0 Å². The van der Waals surface area contributed by atoms with Crippen LogP contribution >= 0.6 is 15.6 Å². The van der Waals surface area contributed by atoms with Crippen LogP contribution < -0.4 is 11.4 Å². The number of aliphatic hydroxyl groups excluding tert-OH is 4. The second-order valence-corrected chi connectivity index (χ2v) is 19.9. The first-order chi connectivity index (χ1) is 30.9. The van der Waals surface area contributed by atoms with E-state index in [1.807, 2.05) is 12.2 Å². The van der Waals surface area contributed by atoms with Crippen LogP contribution in [0.25, 0.3) is 0 Å². The quantitative estimate of drug-likeness (QED) is 0.0167. The lowest BCUT2D eigenvalue weighted by Crippen LogP contribution is -2.36. The van der Waals surface area contributed by atoms with Gasteiger partial charge in [-0.3, -0.25) is 23.2 Å². The van der Waals surface area contributed by atoms with E-state index < -0.39 is 95.9 Å². The van der Waals surface area contributed by atoms with Crippen molar-refractivity contribution in [3.05, 3.63) is 34.9 Å². The summed E-state index contributed by atoms with van der Waals surface area (Å²) in [6.07, 6.45) is 12.1. The van der Waals surface area contributed by atoms with Crippen LogP contribution in [0.2, 0.25) is 0 Å². The number of carbonyl (C=O) groups excluding carboxylic acids is 2. The highest BCUT2D eigenvalue weighted by Gasteiger charge is 2.46. The molecule has 1 aromatic rings. The van der Waals surface area contributed by atoms with E-state index in [4.69, 9.17) is 29.0 Å². The van der Waals surface area contributed by atoms with E-state index in [2.05, 4.69) is 30.1 Å². The molecule has 8 N–H and O–H groups in total. The van der Waals surface area contributed by atoms with Crippen molar-refractivity contribution in [3.8, 4) is 0 Å². The number of hydrogen-bond donors (Lipinski definition) is 7. The molecule has 2 rings (SSSR count). The third-order valence-electron chi connectivity index (χ3n) is 11.1. The molecule has 376 valence electrons. The number of aromatic nitrogens is 2. The van der Waals surface area contributed by atoms with E-state index in [0.29, 0.717) is 44.4 Å². The molecule has 1 fully saturated rings. The summed E-state index contributed by atoms with van der Waals surface area (Å²) in [5.41, 5.74) is 4.56. The van der Waals surface area contributed by atoms with Crippen LogP contribution in [0.4, 0.5) is 5.82 Å². The molecule has 1 saturated heterocycles. The Hall–Kier alpha value is -2.58. The van der Waals surface area contributed by atoms with Gasteiger partial charge in [-0.2, -0.15) is 9.29 Å². The first-order valence-corrected chi connectivity index (χ1v) is 26.3. The predicted octanol–water partition coefficient (Wildman–Crippen LogP) is 6.30. The SMILES string of the molecule is CCCCC/C=C\C[C@H](O)[C@@H](O)CCCCCCCC(=O)O[C@H](COC(=O)CCCCCCCCC(C)CC)COP(=O)(O)OP(=O)(O)OC[C@H]1O[C@@H](n2ccc(N)nc2=O)[C@H](O)[C@@H]1O. The van der Waals surface area contributed by atoms with Gasteiger partial charge < -0.3 is 50.2 Å². The molecule has 10 atom stereocenters. The predicted molar refractivity (Wildman–Crippen MR) is 241 cm³/mol. The number of allylic oxidation sites excluding steroid dienone is 1. The second-order valence-electron chi connectivity index (χ2n) is 16.8. The fraction of sp³-hybridized carbons (Fsp3) is 0.814. The highest BCUT2D eigenvalue weighted by molar-refractivity contribution is 7.61. The van der Waals surface area contributed by atoms with Crippen LogP contribution in [-0.4, -0.2) is 108 Å². The monoisotopic (exact) mass is 969 g/mol. The van der Waals surface area contributed by atoms with Crippen molar-refractivity contribution in [2.45, 2.75) is 198 Å². The van der Waals surface area contributed by atoms with Gasteiger partial charge in [0.05, 0.1) is 25.4 Å². The minimum atomic E-state index is -5.45. The number of phosphoric ester groups is 2. The number of anilines is 1. The van der Waals surface area contributed by atoms with Gasteiger partial charge in [0.15, 0.2) is 12.3 Å². The van der Waals surface area contributed by atoms with Gasteiger partial charge in [-0.05, 0) is 50.5 Å². The van der Waals surface area contributed by atoms with Crippen LogP contribution in [0, 0.1) is 5.92 Å². The van der Waals surface area contributed by atoms with E-state index in [1.165, 1.54) is 18.9 Å². The molecular weight excluding hydrogens is 892 g/mol. The molecular formula is C43H77N3O17P2. The number of nitrogens with two attached hydrogens (primary N) is 1. The van der Waals surface area contributed by atoms with E-state index in [-0.39, 0.29) is 18.7 Å². The summed E-state index contributed by atoms with van der Waals surface area (Å²) in [7, 11) is -10.9. The lowest BCUT2D eigenvalue weighted by Gasteiger charge is -2.21. The molecule has 0 amide bonds. The van der Waals surface area contributed by atoms with E-state index in [0.717, 1.165) is 81.4 Å². The Morgan fingerprint density at radius 3 is 2.09 bits per heavy atom. The molecule has 20 nitrogen and oxygen atoms in total. The average molecular weight is 970 g/mol. The number of aliphatic hydroxyl groups is 4. The second kappa shape index (κ2) is 32.2. The molecule has 0 saturated carbocycles. The van der Waals surface area contributed by atoms with Gasteiger partial charge in [0.25, 0.3) is 0 Å². The molecule has 65 heavy (non-hydrogen) atoms. The smallest absolute Gasteiger partial charge is 0.462 e. The zero-order valence-corrected chi connectivity index (χ0v) is 40.2. The molecule has 0 aromatic carbocycles. The van der Waals surface area contributed by atoms with Crippen LogP contribution in [0.15, 0.2) is 29.2 Å². The fourth-order valence-corrected chi connectivity index (χ4v) is 9.01. The molecule has 0 bridgehead atoms. The minimum Gasteiger partial charge on any atom is -0.462 e. The van der Waals surface area contributed by atoms with Crippen LogP contribution in [-0.2, 0) is 46.3 Å². The summed E-state index contributed by atoms with van der Waals surface area (Å²) >= 11 is 0. The van der Waals surface area contributed by atoms with Crippen molar-refractivity contribution >= 4 is 33.4 Å². The molecule has 0 radical (unpaired) electrons. The van der Waals surface area contributed by atoms with Gasteiger partial charge in [0, 0.05) is 19.0 Å². The van der Waals surface area contributed by atoms with Gasteiger partial charge >= 0.3 is 33.3 Å². The molecule has 0 aliphatic carbocycles. The van der Waals surface area contributed by atoms with Crippen molar-refractivity contribution in [1.29, 1.82) is 0 Å².